The number of rotatable bonds is 2. The molecule has 5 heteroatoms. The molecule has 5 nitrogen and oxygen atoms in total. The largest absolute Gasteiger partial charge is 0.348 e. The fraction of sp³-hybridized carbons (Fsp3) is 0.300. The topological polar surface area (TPSA) is 59.3 Å². The van der Waals surface area contributed by atoms with E-state index in [0.717, 1.165) is 12.8 Å². The van der Waals surface area contributed by atoms with Gasteiger partial charge in [0.2, 0.25) is 0 Å². The van der Waals surface area contributed by atoms with Crippen LogP contribution in [0.3, 0.4) is 0 Å². The van der Waals surface area contributed by atoms with Crippen molar-refractivity contribution >= 4 is 11.6 Å². The van der Waals surface area contributed by atoms with Crippen molar-refractivity contribution < 1.29 is 4.79 Å². The summed E-state index contributed by atoms with van der Waals surface area (Å²) in [5, 5.41) is 2.90. The number of hydrogen-bond acceptors (Lipinski definition) is 3. The van der Waals surface area contributed by atoms with Gasteiger partial charge in [-0.05, 0) is 12.8 Å². The van der Waals surface area contributed by atoms with Gasteiger partial charge in [-0.3, -0.25) is 9.78 Å². The number of aromatic nitrogens is 3. The summed E-state index contributed by atoms with van der Waals surface area (Å²) in [7, 11) is 0. The molecule has 1 amide bonds. The summed E-state index contributed by atoms with van der Waals surface area (Å²) in [6.07, 6.45) is 8.96. The molecule has 2 aromatic heterocycles. The first kappa shape index (κ1) is 8.40. The van der Waals surface area contributed by atoms with Crippen molar-refractivity contribution in [2.45, 2.75) is 18.9 Å². The molecule has 0 spiro atoms. The molecule has 0 saturated heterocycles. The summed E-state index contributed by atoms with van der Waals surface area (Å²) < 4.78 is 1.79. The summed E-state index contributed by atoms with van der Waals surface area (Å²) in [4.78, 5) is 19.8. The van der Waals surface area contributed by atoms with Crippen molar-refractivity contribution in [3.8, 4) is 0 Å². The van der Waals surface area contributed by atoms with E-state index >= 15 is 0 Å². The number of imidazole rings is 1. The fourth-order valence-electron chi connectivity index (χ4n) is 1.44. The average Bonchev–Trinajstić information content (AvgIpc) is 2.95. The lowest BCUT2D eigenvalue weighted by Gasteiger charge is -1.97. The molecule has 1 N–H and O–H groups in total. The smallest absolute Gasteiger partial charge is 0.271 e. The van der Waals surface area contributed by atoms with Gasteiger partial charge in [0.15, 0.2) is 5.65 Å². The van der Waals surface area contributed by atoms with Crippen LogP contribution in [-0.2, 0) is 0 Å². The summed E-state index contributed by atoms with van der Waals surface area (Å²) in [6, 6.07) is 0.362. The van der Waals surface area contributed by atoms with Crippen LogP contribution in [0.5, 0.6) is 0 Å². The van der Waals surface area contributed by atoms with Crippen molar-refractivity contribution in [3.63, 3.8) is 0 Å². The van der Waals surface area contributed by atoms with Crippen LogP contribution in [0, 0.1) is 0 Å². The average molecular weight is 202 g/mol. The summed E-state index contributed by atoms with van der Waals surface area (Å²) >= 11 is 0. The molecule has 3 rings (SSSR count). The third kappa shape index (κ3) is 1.56. The van der Waals surface area contributed by atoms with E-state index in [1.165, 1.54) is 0 Å². The minimum atomic E-state index is -0.0961. The molecule has 1 aliphatic carbocycles. The van der Waals surface area contributed by atoms with Crippen molar-refractivity contribution in [2.24, 2.45) is 0 Å². The SMILES string of the molecule is O=C(NC1CC1)c1cn2ccncc2n1. The maximum absolute atomic E-state index is 11.7. The summed E-state index contributed by atoms with van der Waals surface area (Å²) in [5.74, 6) is -0.0961. The highest BCUT2D eigenvalue weighted by atomic mass is 16.2. The molecule has 15 heavy (non-hydrogen) atoms. The van der Waals surface area contributed by atoms with Crippen molar-refractivity contribution in [1.82, 2.24) is 19.7 Å². The maximum atomic E-state index is 11.7. The fourth-order valence-corrected chi connectivity index (χ4v) is 1.44. The zero-order valence-corrected chi connectivity index (χ0v) is 8.05. The van der Waals surface area contributed by atoms with E-state index in [2.05, 4.69) is 15.3 Å². The molecule has 1 saturated carbocycles. The number of hydrogen-bond donors (Lipinski definition) is 1. The molecule has 2 heterocycles. The number of nitrogens with zero attached hydrogens (tertiary/aromatic N) is 3. The minimum Gasteiger partial charge on any atom is -0.348 e. The third-order valence-electron chi connectivity index (χ3n) is 2.41. The van der Waals surface area contributed by atoms with Crippen LogP contribution in [0.15, 0.2) is 24.8 Å². The van der Waals surface area contributed by atoms with Gasteiger partial charge in [-0.15, -0.1) is 0 Å². The van der Waals surface area contributed by atoms with E-state index in [1.54, 1.807) is 29.2 Å². The van der Waals surface area contributed by atoms with E-state index < -0.39 is 0 Å². The highest BCUT2D eigenvalue weighted by molar-refractivity contribution is 5.93. The molecule has 1 fully saturated rings. The van der Waals surface area contributed by atoms with E-state index in [-0.39, 0.29) is 5.91 Å². The number of fused-ring (bicyclic) bond motifs is 1. The monoisotopic (exact) mass is 202 g/mol. The zero-order valence-electron chi connectivity index (χ0n) is 8.05. The predicted octanol–water partition coefficient (Wildman–Crippen LogP) is 0.621. The Hall–Kier alpha value is -1.91. The van der Waals surface area contributed by atoms with Gasteiger partial charge in [-0.2, -0.15) is 0 Å². The summed E-state index contributed by atoms with van der Waals surface area (Å²) in [6.45, 7) is 0. The second-order valence-corrected chi connectivity index (χ2v) is 3.72. The Kier molecular flexibility index (Phi) is 1.71. The second kappa shape index (κ2) is 3.05. The van der Waals surface area contributed by atoms with Crippen LogP contribution >= 0.6 is 0 Å². The number of amides is 1. The number of carbonyl (C=O) groups excluding carboxylic acids is 1. The van der Waals surface area contributed by atoms with Crippen LogP contribution < -0.4 is 5.32 Å². The van der Waals surface area contributed by atoms with Crippen LogP contribution in [0.1, 0.15) is 23.3 Å². The number of carbonyl (C=O) groups is 1. The Balaban J connectivity index is 1.92. The first-order valence-corrected chi connectivity index (χ1v) is 4.92. The molecule has 76 valence electrons. The Bertz CT molecular complexity index is 482. The highest BCUT2D eigenvalue weighted by Crippen LogP contribution is 2.19. The Morgan fingerprint density at radius 1 is 1.53 bits per heavy atom. The van der Waals surface area contributed by atoms with Crippen LogP contribution in [0.2, 0.25) is 0 Å². The van der Waals surface area contributed by atoms with E-state index in [0.29, 0.717) is 17.4 Å². The molecule has 0 bridgehead atoms. The van der Waals surface area contributed by atoms with Gasteiger partial charge in [-0.25, -0.2) is 4.98 Å². The maximum Gasteiger partial charge on any atom is 0.271 e. The Morgan fingerprint density at radius 3 is 3.13 bits per heavy atom. The molecule has 0 radical (unpaired) electrons. The normalized spacial score (nSPS) is 15.5. The van der Waals surface area contributed by atoms with E-state index in [1.807, 2.05) is 0 Å². The van der Waals surface area contributed by atoms with Gasteiger partial charge < -0.3 is 9.72 Å². The Morgan fingerprint density at radius 2 is 2.40 bits per heavy atom. The molecule has 2 aromatic rings. The lowest BCUT2D eigenvalue weighted by molar-refractivity contribution is 0.0946. The standard InChI is InChI=1S/C10H10N4O/c15-10(12-7-1-2-7)8-6-14-4-3-11-5-9(14)13-8/h3-7H,1-2H2,(H,12,15). The van der Waals surface area contributed by atoms with Gasteiger partial charge in [-0.1, -0.05) is 0 Å². The first-order valence-electron chi connectivity index (χ1n) is 4.92. The zero-order chi connectivity index (χ0) is 10.3. The van der Waals surface area contributed by atoms with Crippen molar-refractivity contribution in [2.75, 3.05) is 0 Å². The third-order valence-corrected chi connectivity index (χ3v) is 2.41. The van der Waals surface area contributed by atoms with Gasteiger partial charge in [0, 0.05) is 24.6 Å². The molecule has 0 unspecified atom stereocenters. The van der Waals surface area contributed by atoms with Gasteiger partial charge in [0.25, 0.3) is 5.91 Å². The lowest BCUT2D eigenvalue weighted by Crippen LogP contribution is -2.25. The number of nitrogens with one attached hydrogen (secondary N) is 1. The lowest BCUT2D eigenvalue weighted by atomic mass is 10.4. The second-order valence-electron chi connectivity index (χ2n) is 3.72. The minimum absolute atomic E-state index is 0.0961. The molecule has 0 aromatic carbocycles. The van der Waals surface area contributed by atoms with E-state index in [4.69, 9.17) is 0 Å². The van der Waals surface area contributed by atoms with Crippen molar-refractivity contribution in [1.29, 1.82) is 0 Å². The molecule has 0 atom stereocenters. The molecule has 1 aliphatic rings. The quantitative estimate of drug-likeness (QED) is 0.776. The summed E-state index contributed by atoms with van der Waals surface area (Å²) in [5.41, 5.74) is 1.15. The highest BCUT2D eigenvalue weighted by Gasteiger charge is 2.24. The molecule has 0 aliphatic heterocycles. The predicted molar refractivity (Wildman–Crippen MR) is 53.5 cm³/mol. The van der Waals surface area contributed by atoms with E-state index in [9.17, 15) is 4.79 Å². The first-order chi connectivity index (χ1) is 7.33. The van der Waals surface area contributed by atoms with Gasteiger partial charge in [0.05, 0.1) is 6.20 Å². The molecular weight excluding hydrogens is 192 g/mol. The van der Waals surface area contributed by atoms with Crippen molar-refractivity contribution in [3.05, 3.63) is 30.5 Å². The van der Waals surface area contributed by atoms with Crippen LogP contribution in [-0.4, -0.2) is 26.3 Å². The Labute approximate surface area is 86.2 Å². The van der Waals surface area contributed by atoms with Crippen LogP contribution in [0.4, 0.5) is 0 Å². The van der Waals surface area contributed by atoms with Gasteiger partial charge >= 0.3 is 0 Å². The van der Waals surface area contributed by atoms with Crippen LogP contribution in [0.25, 0.3) is 5.65 Å². The van der Waals surface area contributed by atoms with Gasteiger partial charge in [0.1, 0.15) is 5.69 Å². The molecular formula is C10H10N4O.